The van der Waals surface area contributed by atoms with Crippen LogP contribution in [0.2, 0.25) is 0 Å². The minimum atomic E-state index is -1.41. The van der Waals surface area contributed by atoms with Gasteiger partial charge in [0.15, 0.2) is 11.3 Å². The molecule has 0 spiro atoms. The Morgan fingerprint density at radius 2 is 1.97 bits per heavy atom. The van der Waals surface area contributed by atoms with Crippen LogP contribution in [0.3, 0.4) is 0 Å². The van der Waals surface area contributed by atoms with E-state index in [2.05, 4.69) is 5.32 Å². The van der Waals surface area contributed by atoms with Gasteiger partial charge in [-0.3, -0.25) is 14.4 Å². The van der Waals surface area contributed by atoms with Crippen molar-refractivity contribution in [1.29, 1.82) is 0 Å². The summed E-state index contributed by atoms with van der Waals surface area (Å²) in [5.41, 5.74) is 5.06. The topological polar surface area (TPSA) is 133 Å². The highest BCUT2D eigenvalue weighted by Crippen LogP contribution is 2.42. The Morgan fingerprint density at radius 1 is 1.21 bits per heavy atom. The van der Waals surface area contributed by atoms with Gasteiger partial charge in [0.1, 0.15) is 23.8 Å². The van der Waals surface area contributed by atoms with E-state index in [1.54, 1.807) is 20.1 Å². The van der Waals surface area contributed by atoms with Gasteiger partial charge in [0.2, 0.25) is 17.6 Å². The van der Waals surface area contributed by atoms with E-state index in [-0.39, 0.29) is 48.0 Å². The number of nitrogens with zero attached hydrogens (tertiary/aromatic N) is 1. The van der Waals surface area contributed by atoms with Gasteiger partial charge < -0.3 is 34.6 Å². The molecule has 1 aliphatic heterocycles. The zero-order valence-electron chi connectivity index (χ0n) is 21.2. The molecular weight excluding hydrogens is 497 g/mol. The molecule has 11 heteroatoms. The fourth-order valence-corrected chi connectivity index (χ4v) is 5.04. The van der Waals surface area contributed by atoms with E-state index in [9.17, 15) is 18.8 Å². The summed E-state index contributed by atoms with van der Waals surface area (Å²) < 4.78 is 36.2. The van der Waals surface area contributed by atoms with Crippen molar-refractivity contribution in [3.63, 3.8) is 0 Å². The van der Waals surface area contributed by atoms with Crippen molar-refractivity contribution in [3.8, 4) is 11.5 Å². The maximum Gasteiger partial charge on any atom is 0.294 e. The Labute approximate surface area is 217 Å². The summed E-state index contributed by atoms with van der Waals surface area (Å²) in [7, 11) is 3.02. The third-order valence-corrected chi connectivity index (χ3v) is 7.32. The van der Waals surface area contributed by atoms with Crippen LogP contribution in [0.5, 0.6) is 11.5 Å². The molecule has 38 heavy (non-hydrogen) atoms. The smallest absolute Gasteiger partial charge is 0.294 e. The van der Waals surface area contributed by atoms with Crippen molar-refractivity contribution in [1.82, 2.24) is 10.2 Å². The summed E-state index contributed by atoms with van der Waals surface area (Å²) in [4.78, 5) is 40.8. The van der Waals surface area contributed by atoms with E-state index in [1.807, 2.05) is 0 Å². The highest BCUT2D eigenvalue weighted by Gasteiger charge is 2.53. The number of hydrogen-bond acceptors (Lipinski definition) is 7. The zero-order valence-corrected chi connectivity index (χ0v) is 21.2. The minimum absolute atomic E-state index is 0.0407. The Morgan fingerprint density at radius 3 is 2.66 bits per heavy atom. The second kappa shape index (κ2) is 9.64. The maximum absolute atomic E-state index is 14.0. The largest absolute Gasteiger partial charge is 0.496 e. The molecule has 1 fully saturated rings. The number of amides is 3. The van der Waals surface area contributed by atoms with Crippen molar-refractivity contribution < 1.29 is 37.4 Å². The molecule has 3 N–H and O–H groups in total. The van der Waals surface area contributed by atoms with Crippen LogP contribution in [0.4, 0.5) is 4.39 Å². The van der Waals surface area contributed by atoms with Crippen molar-refractivity contribution in [3.05, 3.63) is 59.1 Å². The van der Waals surface area contributed by atoms with Crippen LogP contribution in [0.25, 0.3) is 11.0 Å². The van der Waals surface area contributed by atoms with E-state index in [4.69, 9.17) is 24.4 Å². The Hall–Kier alpha value is -4.12. The molecule has 3 amide bonds. The number of benzene rings is 2. The third-order valence-electron chi connectivity index (χ3n) is 7.32. The van der Waals surface area contributed by atoms with Gasteiger partial charge in [0.05, 0.1) is 18.6 Å². The molecule has 0 saturated heterocycles. The number of rotatable bonds is 7. The van der Waals surface area contributed by atoms with Gasteiger partial charge in [-0.15, -0.1) is 0 Å². The average Bonchev–Trinajstić information content (AvgIpc) is 3.20. The minimum Gasteiger partial charge on any atom is -0.496 e. The standard InChI is InChI=1S/C27H28FN3O7/c1-27(26(34)30-12-15-4-6-16(28)9-20(15)36-3)13-37-22-19-7-5-14(24(29)32)8-21(19)38-23(22)25(33)31(27)17-10-18(11-17)35-2/h4-9,17-18H,10-13H2,1-3H3,(H2,29,32)(H,30,34). The number of carbonyl (C=O) groups is 3. The molecule has 0 radical (unpaired) electrons. The predicted molar refractivity (Wildman–Crippen MR) is 133 cm³/mol. The molecule has 3 aromatic rings. The molecule has 10 nitrogen and oxygen atoms in total. The van der Waals surface area contributed by atoms with Crippen molar-refractivity contribution in [2.24, 2.45) is 5.73 Å². The summed E-state index contributed by atoms with van der Waals surface area (Å²) in [6.45, 7) is 1.54. The van der Waals surface area contributed by atoms with E-state index < -0.39 is 29.1 Å². The second-order valence-corrected chi connectivity index (χ2v) is 9.69. The number of hydrogen-bond donors (Lipinski definition) is 2. The van der Waals surface area contributed by atoms with Gasteiger partial charge in [-0.2, -0.15) is 0 Å². The van der Waals surface area contributed by atoms with Crippen LogP contribution in [-0.2, 0) is 16.1 Å². The van der Waals surface area contributed by atoms with Gasteiger partial charge in [-0.25, -0.2) is 4.39 Å². The zero-order chi connectivity index (χ0) is 27.2. The summed E-state index contributed by atoms with van der Waals surface area (Å²) in [6, 6.07) is 8.33. The van der Waals surface area contributed by atoms with Crippen LogP contribution in [0.15, 0.2) is 40.8 Å². The normalized spacial score (nSPS) is 22.7. The molecule has 1 saturated carbocycles. The summed E-state index contributed by atoms with van der Waals surface area (Å²) in [5.74, 6) is -1.61. The van der Waals surface area contributed by atoms with Gasteiger partial charge >= 0.3 is 0 Å². The Bertz CT molecular complexity index is 1430. The number of ether oxygens (including phenoxy) is 3. The lowest BCUT2D eigenvalue weighted by Gasteiger charge is -2.48. The van der Waals surface area contributed by atoms with Gasteiger partial charge in [-0.05, 0) is 44.0 Å². The molecule has 1 atom stereocenters. The quantitative estimate of drug-likeness (QED) is 0.485. The highest BCUT2D eigenvalue weighted by atomic mass is 19.1. The number of carbonyl (C=O) groups excluding carboxylic acids is 3. The first-order chi connectivity index (χ1) is 18.2. The summed E-state index contributed by atoms with van der Waals surface area (Å²) in [5, 5.41) is 3.35. The van der Waals surface area contributed by atoms with Crippen LogP contribution in [0.1, 0.15) is 46.2 Å². The van der Waals surface area contributed by atoms with E-state index >= 15 is 0 Å². The average molecular weight is 526 g/mol. The van der Waals surface area contributed by atoms with Crippen LogP contribution >= 0.6 is 0 Å². The van der Waals surface area contributed by atoms with Crippen LogP contribution in [0, 0.1) is 5.82 Å². The first kappa shape index (κ1) is 25.5. The van der Waals surface area contributed by atoms with Gasteiger partial charge in [0, 0.05) is 36.9 Å². The number of methoxy groups -OCH3 is 2. The molecule has 1 aliphatic carbocycles. The lowest BCUT2D eigenvalue weighted by Crippen LogP contribution is -2.66. The van der Waals surface area contributed by atoms with Crippen LogP contribution < -0.4 is 20.5 Å². The summed E-state index contributed by atoms with van der Waals surface area (Å²) >= 11 is 0. The molecule has 1 unspecified atom stereocenters. The predicted octanol–water partition coefficient (Wildman–Crippen LogP) is 2.77. The summed E-state index contributed by atoms with van der Waals surface area (Å²) in [6.07, 6.45) is 1.04. The number of nitrogens with two attached hydrogens (primary N) is 1. The van der Waals surface area contributed by atoms with E-state index in [0.29, 0.717) is 29.5 Å². The molecule has 200 valence electrons. The van der Waals surface area contributed by atoms with Crippen molar-refractivity contribution >= 4 is 28.7 Å². The maximum atomic E-state index is 14.0. The lowest BCUT2D eigenvalue weighted by molar-refractivity contribution is -0.138. The fourth-order valence-electron chi connectivity index (χ4n) is 5.04. The molecule has 2 aliphatic rings. The lowest BCUT2D eigenvalue weighted by atomic mass is 9.83. The van der Waals surface area contributed by atoms with Crippen molar-refractivity contribution in [2.45, 2.75) is 44.0 Å². The third kappa shape index (κ3) is 4.22. The molecule has 2 aromatic carbocycles. The first-order valence-electron chi connectivity index (χ1n) is 12.1. The van der Waals surface area contributed by atoms with E-state index in [1.165, 1.54) is 42.3 Å². The van der Waals surface area contributed by atoms with E-state index in [0.717, 1.165) is 0 Å². The molecule has 1 aromatic heterocycles. The Kier molecular flexibility index (Phi) is 6.47. The first-order valence-corrected chi connectivity index (χ1v) is 12.1. The molecular formula is C27H28FN3O7. The molecule has 5 rings (SSSR count). The van der Waals surface area contributed by atoms with Crippen molar-refractivity contribution in [2.75, 3.05) is 20.8 Å². The number of fused-ring (bicyclic) bond motifs is 3. The molecule has 2 heterocycles. The molecule has 0 bridgehead atoms. The second-order valence-electron chi connectivity index (χ2n) is 9.69. The highest BCUT2D eigenvalue weighted by molar-refractivity contribution is 6.06. The van der Waals surface area contributed by atoms with Gasteiger partial charge in [0.25, 0.3) is 5.91 Å². The van der Waals surface area contributed by atoms with Gasteiger partial charge in [-0.1, -0.05) is 6.07 Å². The van der Waals surface area contributed by atoms with Crippen LogP contribution in [-0.4, -0.2) is 61.1 Å². The fraction of sp³-hybridized carbons (Fsp3) is 0.370. The number of primary amides is 1. The SMILES string of the molecule is COc1cc(F)ccc1CNC(=O)C1(C)COc2c(oc3cc(C(N)=O)ccc23)C(=O)N1C1CC(OC)C1. The number of halogens is 1. The number of furan rings is 1. The monoisotopic (exact) mass is 525 g/mol. The number of nitrogens with one attached hydrogen (secondary N) is 1. The Balaban J connectivity index is 1.48.